The molecule has 3 aliphatic carbocycles. The number of nitriles is 1. The Kier molecular flexibility index (Phi) is 4.66. The molecule has 0 amide bonds. The second kappa shape index (κ2) is 8.12. The van der Waals surface area contributed by atoms with Gasteiger partial charge in [0.15, 0.2) is 0 Å². The second-order valence-corrected chi connectivity index (χ2v) is 11.3. The monoisotopic (exact) mass is 501 g/mol. The summed E-state index contributed by atoms with van der Waals surface area (Å²) in [6.07, 6.45) is 13.0. The maximum absolute atomic E-state index is 14.2. The molecular weight excluding hydrogens is 474 g/mol. The van der Waals surface area contributed by atoms with Crippen LogP contribution in [0.1, 0.15) is 55.7 Å². The molecule has 4 heterocycles. The fourth-order valence-corrected chi connectivity index (χ4v) is 5.53. The van der Waals surface area contributed by atoms with E-state index in [4.69, 9.17) is 15.2 Å². The van der Waals surface area contributed by atoms with Crippen molar-refractivity contribution in [2.45, 2.75) is 57.5 Å². The fraction of sp³-hybridized carbons (Fsp3) is 0.367. The summed E-state index contributed by atoms with van der Waals surface area (Å²) >= 11 is 0. The van der Waals surface area contributed by atoms with Crippen LogP contribution in [0.4, 0.5) is 0 Å². The molecule has 38 heavy (non-hydrogen) atoms. The molecule has 0 aliphatic heterocycles. The van der Waals surface area contributed by atoms with Crippen LogP contribution in [0.15, 0.2) is 53.7 Å². The van der Waals surface area contributed by atoms with E-state index in [1.54, 1.807) is 0 Å². The van der Waals surface area contributed by atoms with Gasteiger partial charge in [-0.25, -0.2) is 0 Å². The highest BCUT2D eigenvalue weighted by Gasteiger charge is 2.28. The summed E-state index contributed by atoms with van der Waals surface area (Å²) in [5.74, 6) is 1.84. The van der Waals surface area contributed by atoms with E-state index >= 15 is 0 Å². The lowest BCUT2D eigenvalue weighted by Crippen LogP contribution is -2.24. The minimum absolute atomic E-state index is 0.206. The van der Waals surface area contributed by atoms with Gasteiger partial charge >= 0.3 is 0 Å². The SMILES string of the molecule is N#Cc1cn(CC2CC2)c2c(-c3ccc(C4CC4)nc3)c(=O)n(-c3ccc4nn(CC5CC5)cc4c3)nc12. The third-order valence-corrected chi connectivity index (χ3v) is 8.16. The van der Waals surface area contributed by atoms with Gasteiger partial charge in [-0.05, 0) is 74.6 Å². The fourth-order valence-electron chi connectivity index (χ4n) is 5.53. The van der Waals surface area contributed by atoms with Crippen LogP contribution < -0.4 is 5.56 Å². The van der Waals surface area contributed by atoms with Gasteiger partial charge in [0.25, 0.3) is 5.56 Å². The largest absolute Gasteiger partial charge is 0.344 e. The normalized spacial score (nSPS) is 17.3. The Balaban J connectivity index is 1.33. The molecule has 3 aliphatic rings. The minimum atomic E-state index is -0.206. The van der Waals surface area contributed by atoms with Crippen molar-refractivity contribution in [3.8, 4) is 22.9 Å². The number of pyridine rings is 1. The first kappa shape index (κ1) is 21.8. The number of hydrogen-bond acceptors (Lipinski definition) is 5. The van der Waals surface area contributed by atoms with E-state index in [0.717, 1.165) is 46.7 Å². The van der Waals surface area contributed by atoms with Crippen molar-refractivity contribution < 1.29 is 0 Å². The first-order valence-electron chi connectivity index (χ1n) is 13.6. The van der Waals surface area contributed by atoms with Crippen molar-refractivity contribution in [2.75, 3.05) is 0 Å². The summed E-state index contributed by atoms with van der Waals surface area (Å²) in [6.45, 7) is 1.72. The van der Waals surface area contributed by atoms with Gasteiger partial charge in [0, 0.05) is 54.2 Å². The number of fused-ring (bicyclic) bond motifs is 2. The van der Waals surface area contributed by atoms with Crippen molar-refractivity contribution in [3.05, 3.63) is 70.5 Å². The van der Waals surface area contributed by atoms with Crippen molar-refractivity contribution in [1.82, 2.24) is 29.1 Å². The van der Waals surface area contributed by atoms with Crippen LogP contribution in [-0.4, -0.2) is 29.1 Å². The topological polar surface area (TPSA) is 94.3 Å². The van der Waals surface area contributed by atoms with Crippen molar-refractivity contribution in [2.24, 2.45) is 11.8 Å². The Morgan fingerprint density at radius 2 is 1.76 bits per heavy atom. The molecule has 188 valence electrons. The van der Waals surface area contributed by atoms with Crippen LogP contribution in [0, 0.1) is 23.2 Å². The molecule has 0 unspecified atom stereocenters. The second-order valence-electron chi connectivity index (χ2n) is 11.3. The molecule has 0 atom stereocenters. The Hall–Kier alpha value is -4.25. The van der Waals surface area contributed by atoms with Gasteiger partial charge in [0.1, 0.15) is 11.6 Å². The molecule has 4 aromatic heterocycles. The van der Waals surface area contributed by atoms with Gasteiger partial charge < -0.3 is 4.57 Å². The zero-order valence-electron chi connectivity index (χ0n) is 21.0. The highest BCUT2D eigenvalue weighted by molar-refractivity contribution is 5.95. The summed E-state index contributed by atoms with van der Waals surface area (Å²) in [7, 11) is 0. The quantitative estimate of drug-likeness (QED) is 0.307. The Labute approximate surface area is 219 Å². The molecule has 0 N–H and O–H groups in total. The summed E-state index contributed by atoms with van der Waals surface area (Å²) in [4.78, 5) is 18.9. The van der Waals surface area contributed by atoms with E-state index < -0.39 is 0 Å². The van der Waals surface area contributed by atoms with E-state index in [-0.39, 0.29) is 5.56 Å². The first-order chi connectivity index (χ1) is 18.6. The van der Waals surface area contributed by atoms with Gasteiger partial charge in [-0.15, -0.1) is 0 Å². The van der Waals surface area contributed by atoms with E-state index in [0.29, 0.717) is 34.2 Å². The molecule has 0 saturated heterocycles. The zero-order valence-corrected chi connectivity index (χ0v) is 21.0. The van der Waals surface area contributed by atoms with Crippen LogP contribution in [0.2, 0.25) is 0 Å². The average molecular weight is 502 g/mol. The summed E-state index contributed by atoms with van der Waals surface area (Å²) < 4.78 is 5.53. The predicted molar refractivity (Wildman–Crippen MR) is 144 cm³/mol. The molecule has 8 nitrogen and oxygen atoms in total. The smallest absolute Gasteiger partial charge is 0.281 e. The third-order valence-electron chi connectivity index (χ3n) is 8.16. The molecule has 8 heteroatoms. The van der Waals surface area contributed by atoms with Gasteiger partial charge in [0.05, 0.1) is 27.8 Å². The standard InChI is InChI=1S/C30H27N7O/c31-12-23-16-35(14-18-1-2-18)29-27(21-7-9-25(32-13-21)20-5-6-20)30(38)37(34-28(23)29)24-8-10-26-22(11-24)17-36(33-26)15-19-3-4-19/h7-11,13,16-20H,1-6,14-15H2. The maximum atomic E-state index is 14.2. The van der Waals surface area contributed by atoms with Gasteiger partial charge in [0.2, 0.25) is 0 Å². The summed E-state index contributed by atoms with van der Waals surface area (Å²) in [5, 5.41) is 20.5. The summed E-state index contributed by atoms with van der Waals surface area (Å²) in [6, 6.07) is 12.2. The van der Waals surface area contributed by atoms with Crippen LogP contribution in [0.25, 0.3) is 38.8 Å². The van der Waals surface area contributed by atoms with E-state index in [1.165, 1.54) is 43.2 Å². The molecule has 5 aromatic rings. The molecular formula is C30H27N7O. The van der Waals surface area contributed by atoms with Crippen molar-refractivity contribution in [1.29, 1.82) is 5.26 Å². The number of benzene rings is 1. The van der Waals surface area contributed by atoms with Crippen LogP contribution >= 0.6 is 0 Å². The lowest BCUT2D eigenvalue weighted by atomic mass is 10.1. The zero-order chi connectivity index (χ0) is 25.4. The van der Waals surface area contributed by atoms with E-state index in [9.17, 15) is 10.1 Å². The van der Waals surface area contributed by atoms with Crippen molar-refractivity contribution in [3.63, 3.8) is 0 Å². The lowest BCUT2D eigenvalue weighted by Gasteiger charge is -2.12. The van der Waals surface area contributed by atoms with Crippen LogP contribution in [0.5, 0.6) is 0 Å². The number of rotatable bonds is 7. The number of nitrogens with zero attached hydrogens (tertiary/aromatic N) is 7. The van der Waals surface area contributed by atoms with Crippen LogP contribution in [0.3, 0.4) is 0 Å². The van der Waals surface area contributed by atoms with Gasteiger partial charge in [-0.1, -0.05) is 6.07 Å². The first-order valence-corrected chi connectivity index (χ1v) is 13.6. The van der Waals surface area contributed by atoms with Gasteiger partial charge in [-0.3, -0.25) is 14.5 Å². The van der Waals surface area contributed by atoms with Crippen LogP contribution in [-0.2, 0) is 13.1 Å². The number of hydrogen-bond donors (Lipinski definition) is 0. The molecule has 8 rings (SSSR count). The molecule has 0 bridgehead atoms. The highest BCUT2D eigenvalue weighted by atomic mass is 16.1. The minimum Gasteiger partial charge on any atom is -0.344 e. The summed E-state index contributed by atoms with van der Waals surface area (Å²) in [5.41, 5.74) is 5.52. The average Bonchev–Trinajstić information content (AvgIpc) is 3.80. The lowest BCUT2D eigenvalue weighted by molar-refractivity contribution is 0.568. The maximum Gasteiger partial charge on any atom is 0.281 e. The predicted octanol–water partition coefficient (Wildman–Crippen LogP) is 5.17. The third kappa shape index (κ3) is 3.73. The molecule has 3 fully saturated rings. The highest BCUT2D eigenvalue weighted by Crippen LogP contribution is 2.40. The Bertz CT molecular complexity index is 1820. The molecule has 0 radical (unpaired) electrons. The Morgan fingerprint density at radius 1 is 0.947 bits per heavy atom. The number of aromatic nitrogens is 6. The van der Waals surface area contributed by atoms with Gasteiger partial charge in [-0.2, -0.15) is 20.1 Å². The van der Waals surface area contributed by atoms with Crippen molar-refractivity contribution >= 4 is 21.9 Å². The molecule has 3 saturated carbocycles. The Morgan fingerprint density at radius 3 is 2.47 bits per heavy atom. The van der Waals surface area contributed by atoms with E-state index in [2.05, 4.69) is 16.8 Å². The van der Waals surface area contributed by atoms with E-state index in [1.807, 2.05) is 47.4 Å². The molecule has 1 aromatic carbocycles. The molecule has 0 spiro atoms.